The van der Waals surface area contributed by atoms with Gasteiger partial charge < -0.3 is 14.8 Å². The van der Waals surface area contributed by atoms with E-state index in [1.165, 1.54) is 5.56 Å². The van der Waals surface area contributed by atoms with Gasteiger partial charge in [-0.25, -0.2) is 0 Å². The number of nitrogens with zero attached hydrogens (tertiary/aromatic N) is 3. The summed E-state index contributed by atoms with van der Waals surface area (Å²) >= 11 is 0. The molecule has 1 saturated heterocycles. The van der Waals surface area contributed by atoms with Crippen molar-refractivity contribution in [3.63, 3.8) is 0 Å². The minimum Gasteiger partial charge on any atom is -0.480 e. The Balaban J connectivity index is 1.51. The highest BCUT2D eigenvalue weighted by Crippen LogP contribution is 2.32. The van der Waals surface area contributed by atoms with E-state index in [1.54, 1.807) is 18.3 Å². The summed E-state index contributed by atoms with van der Waals surface area (Å²) in [6, 6.07) is 17.0. The maximum absolute atomic E-state index is 12.2. The smallest absolute Gasteiger partial charge is 0.325 e. The van der Waals surface area contributed by atoms with Crippen molar-refractivity contribution in [3.8, 4) is 11.8 Å². The number of aromatic amines is 1. The third kappa shape index (κ3) is 4.30. The van der Waals surface area contributed by atoms with Crippen molar-refractivity contribution < 1.29 is 14.6 Å². The van der Waals surface area contributed by atoms with Crippen LogP contribution in [0, 0.1) is 11.3 Å². The van der Waals surface area contributed by atoms with Gasteiger partial charge in [0, 0.05) is 55.4 Å². The molecule has 0 amide bonds. The number of nitrogens with one attached hydrogen (secondary N) is 1. The average molecular weight is 404 g/mol. The molecule has 4 rings (SSSR count). The van der Waals surface area contributed by atoms with Gasteiger partial charge >= 0.3 is 5.97 Å². The Morgan fingerprint density at radius 3 is 2.63 bits per heavy atom. The maximum Gasteiger partial charge on any atom is 0.325 e. The highest BCUT2D eigenvalue weighted by atomic mass is 16.5. The fourth-order valence-corrected chi connectivity index (χ4v) is 4.06. The van der Waals surface area contributed by atoms with Crippen LogP contribution < -0.4 is 4.74 Å². The molecule has 1 fully saturated rings. The molecule has 7 heteroatoms. The first kappa shape index (κ1) is 20.0. The van der Waals surface area contributed by atoms with E-state index in [2.05, 4.69) is 22.0 Å². The van der Waals surface area contributed by atoms with Crippen LogP contribution in [0.25, 0.3) is 10.9 Å². The van der Waals surface area contributed by atoms with E-state index in [4.69, 9.17) is 10.00 Å². The Morgan fingerprint density at radius 1 is 1.17 bits per heavy atom. The molecule has 1 aromatic heterocycles. The van der Waals surface area contributed by atoms with Gasteiger partial charge in [-0.1, -0.05) is 30.3 Å². The number of nitriles is 1. The first-order chi connectivity index (χ1) is 14.7. The number of fused-ring (bicyclic) bond motifs is 1. The van der Waals surface area contributed by atoms with Crippen molar-refractivity contribution in [3.05, 3.63) is 65.9 Å². The lowest BCUT2D eigenvalue weighted by molar-refractivity contribution is -0.144. The Bertz CT molecular complexity index is 1050. The molecule has 2 heterocycles. The summed E-state index contributed by atoms with van der Waals surface area (Å²) in [6.07, 6.45) is 1.77. The van der Waals surface area contributed by atoms with Gasteiger partial charge in [-0.15, -0.1) is 0 Å². The van der Waals surface area contributed by atoms with Crippen LogP contribution in [0.2, 0.25) is 0 Å². The van der Waals surface area contributed by atoms with Crippen LogP contribution in [0.15, 0.2) is 54.7 Å². The molecule has 0 aliphatic carbocycles. The Morgan fingerprint density at radius 2 is 1.93 bits per heavy atom. The van der Waals surface area contributed by atoms with Gasteiger partial charge in [0.1, 0.15) is 17.9 Å². The summed E-state index contributed by atoms with van der Waals surface area (Å²) in [5, 5.41) is 19.6. The monoisotopic (exact) mass is 404 g/mol. The third-order valence-corrected chi connectivity index (χ3v) is 5.54. The second kappa shape index (κ2) is 8.99. The number of carboxylic acid groups (broad SMARTS) is 1. The third-order valence-electron chi connectivity index (χ3n) is 5.54. The lowest BCUT2D eigenvalue weighted by Crippen LogP contribution is -2.48. The molecule has 30 heavy (non-hydrogen) atoms. The SMILES string of the molecule is N#CCOc1ccc2[nH]cc([C@@H](C(=O)O)N3CCN(Cc4ccccc4)CC3)c2c1. The number of aromatic nitrogens is 1. The maximum atomic E-state index is 12.2. The summed E-state index contributed by atoms with van der Waals surface area (Å²) in [5.41, 5.74) is 2.84. The van der Waals surface area contributed by atoms with Crippen LogP contribution in [0.3, 0.4) is 0 Å². The fraction of sp³-hybridized carbons (Fsp3) is 0.304. The zero-order valence-electron chi connectivity index (χ0n) is 16.6. The molecule has 154 valence electrons. The van der Waals surface area contributed by atoms with E-state index in [0.29, 0.717) is 18.8 Å². The van der Waals surface area contributed by atoms with Crippen LogP contribution >= 0.6 is 0 Å². The first-order valence-electron chi connectivity index (χ1n) is 9.99. The summed E-state index contributed by atoms with van der Waals surface area (Å²) < 4.78 is 5.40. The molecule has 2 N–H and O–H groups in total. The van der Waals surface area contributed by atoms with Crippen molar-refractivity contribution in [2.24, 2.45) is 0 Å². The number of piperazine rings is 1. The standard InChI is InChI=1S/C23H24N4O3/c24-8-13-30-18-6-7-21-19(14-18)20(15-25-21)22(23(28)29)27-11-9-26(10-12-27)16-17-4-2-1-3-5-17/h1-7,14-15,22,25H,9-13,16H2,(H,28,29)/t22-/m0/s1. The minimum atomic E-state index is -0.865. The van der Waals surface area contributed by atoms with Crippen LogP contribution in [0.4, 0.5) is 0 Å². The number of ether oxygens (including phenoxy) is 1. The van der Waals surface area contributed by atoms with Crippen LogP contribution in [0.1, 0.15) is 17.2 Å². The molecule has 0 spiro atoms. The van der Waals surface area contributed by atoms with Crippen molar-refractivity contribution in [1.82, 2.24) is 14.8 Å². The molecule has 1 aliphatic rings. The number of carboxylic acids is 1. The molecule has 1 atom stereocenters. The van der Waals surface area contributed by atoms with Gasteiger partial charge in [0.25, 0.3) is 0 Å². The number of benzene rings is 2. The lowest BCUT2D eigenvalue weighted by Gasteiger charge is -2.37. The van der Waals surface area contributed by atoms with Crippen LogP contribution in [-0.4, -0.2) is 58.6 Å². The van der Waals surface area contributed by atoms with Crippen molar-refractivity contribution in [2.75, 3.05) is 32.8 Å². The molecule has 0 bridgehead atoms. The quantitative estimate of drug-likeness (QED) is 0.629. The predicted molar refractivity (Wildman–Crippen MR) is 113 cm³/mol. The normalized spacial score (nSPS) is 16.2. The molecule has 1 aliphatic heterocycles. The number of hydrogen-bond acceptors (Lipinski definition) is 5. The van der Waals surface area contributed by atoms with E-state index >= 15 is 0 Å². The Hall–Kier alpha value is -3.34. The lowest BCUT2D eigenvalue weighted by atomic mass is 10.0. The number of rotatable bonds is 7. The Kier molecular flexibility index (Phi) is 5.98. The number of hydrogen-bond donors (Lipinski definition) is 2. The average Bonchev–Trinajstić information content (AvgIpc) is 3.17. The molecular weight excluding hydrogens is 380 g/mol. The zero-order chi connectivity index (χ0) is 20.9. The summed E-state index contributed by atoms with van der Waals surface area (Å²) in [7, 11) is 0. The molecule has 2 aromatic carbocycles. The molecule has 7 nitrogen and oxygen atoms in total. The largest absolute Gasteiger partial charge is 0.480 e. The van der Waals surface area contributed by atoms with Crippen LogP contribution in [-0.2, 0) is 11.3 Å². The van der Waals surface area contributed by atoms with Crippen molar-refractivity contribution in [1.29, 1.82) is 5.26 Å². The van der Waals surface area contributed by atoms with E-state index in [-0.39, 0.29) is 6.61 Å². The molecule has 0 radical (unpaired) electrons. The van der Waals surface area contributed by atoms with Gasteiger partial charge in [0.15, 0.2) is 6.61 Å². The van der Waals surface area contributed by atoms with Gasteiger partial charge in [0.2, 0.25) is 0 Å². The van der Waals surface area contributed by atoms with Gasteiger partial charge in [-0.2, -0.15) is 5.26 Å². The second-order valence-electron chi connectivity index (χ2n) is 7.44. The van der Waals surface area contributed by atoms with Gasteiger partial charge in [-0.05, 0) is 23.8 Å². The molecule has 0 unspecified atom stereocenters. The van der Waals surface area contributed by atoms with Crippen LogP contribution in [0.5, 0.6) is 5.75 Å². The van der Waals surface area contributed by atoms with E-state index in [0.717, 1.165) is 36.1 Å². The second-order valence-corrected chi connectivity index (χ2v) is 7.44. The van der Waals surface area contributed by atoms with Crippen molar-refractivity contribution >= 4 is 16.9 Å². The summed E-state index contributed by atoms with van der Waals surface area (Å²) in [5.74, 6) is -0.308. The van der Waals surface area contributed by atoms with E-state index in [1.807, 2.05) is 35.2 Å². The summed E-state index contributed by atoms with van der Waals surface area (Å²) in [4.78, 5) is 19.8. The highest BCUT2D eigenvalue weighted by Gasteiger charge is 2.32. The van der Waals surface area contributed by atoms with Gasteiger partial charge in [-0.3, -0.25) is 14.6 Å². The number of carbonyl (C=O) groups is 1. The molecular formula is C23H24N4O3. The van der Waals surface area contributed by atoms with Crippen molar-refractivity contribution in [2.45, 2.75) is 12.6 Å². The number of H-pyrrole nitrogens is 1. The highest BCUT2D eigenvalue weighted by molar-refractivity contribution is 5.90. The minimum absolute atomic E-state index is 0.0446. The van der Waals surface area contributed by atoms with E-state index < -0.39 is 12.0 Å². The summed E-state index contributed by atoms with van der Waals surface area (Å²) in [6.45, 7) is 3.83. The molecule has 3 aromatic rings. The molecule has 0 saturated carbocycles. The first-order valence-corrected chi connectivity index (χ1v) is 9.99. The van der Waals surface area contributed by atoms with Gasteiger partial charge in [0.05, 0.1) is 0 Å². The number of aliphatic carboxylic acids is 1. The Labute approximate surface area is 175 Å². The fourth-order valence-electron chi connectivity index (χ4n) is 4.06. The topological polar surface area (TPSA) is 92.6 Å². The predicted octanol–water partition coefficient (Wildman–Crippen LogP) is 3.01. The zero-order valence-corrected chi connectivity index (χ0v) is 16.6. The van der Waals surface area contributed by atoms with E-state index in [9.17, 15) is 9.90 Å².